The summed E-state index contributed by atoms with van der Waals surface area (Å²) >= 11 is 1.68. The number of para-hydroxylation sites is 1. The van der Waals surface area contributed by atoms with Gasteiger partial charge in [-0.15, -0.1) is 11.3 Å². The van der Waals surface area contributed by atoms with E-state index in [1.165, 1.54) is 10.3 Å². The summed E-state index contributed by atoms with van der Waals surface area (Å²) in [6.45, 7) is 2.54. The summed E-state index contributed by atoms with van der Waals surface area (Å²) in [5.74, 6) is 0.678. The Kier molecular flexibility index (Phi) is 5.87. The molecule has 1 aromatic heterocycles. The van der Waals surface area contributed by atoms with Gasteiger partial charge < -0.3 is 10.1 Å². The number of carbonyl (C=O) groups is 1. The first kappa shape index (κ1) is 20.9. The lowest BCUT2D eigenvalue weighted by atomic mass is 10.1. The number of rotatable bonds is 6. The number of aryl methyl sites for hydroxylation is 1. The quantitative estimate of drug-likeness (QED) is 0.300. The summed E-state index contributed by atoms with van der Waals surface area (Å²) in [7, 11) is 0. The fraction of sp³-hybridized carbons (Fsp3) is 0.0714. The number of hydrogen-bond acceptors (Lipinski definition) is 4. The first-order valence-electron chi connectivity index (χ1n) is 10.7. The lowest BCUT2D eigenvalue weighted by Crippen LogP contribution is -2.11. The van der Waals surface area contributed by atoms with Gasteiger partial charge in [-0.05, 0) is 78.7 Å². The molecule has 33 heavy (non-hydrogen) atoms. The zero-order chi connectivity index (χ0) is 22.6. The van der Waals surface area contributed by atoms with E-state index in [2.05, 4.69) is 30.4 Å². The van der Waals surface area contributed by atoms with E-state index in [-0.39, 0.29) is 5.91 Å². The predicted octanol–water partition coefficient (Wildman–Crippen LogP) is 7.10. The van der Waals surface area contributed by atoms with Gasteiger partial charge in [0, 0.05) is 16.8 Å². The van der Waals surface area contributed by atoms with Crippen molar-refractivity contribution in [3.05, 3.63) is 114 Å². The number of amides is 1. The maximum Gasteiger partial charge on any atom is 0.255 e. The molecular formula is C28H22N2O2S. The molecule has 4 aromatic carbocycles. The minimum absolute atomic E-state index is 0.145. The molecule has 5 heteroatoms. The Morgan fingerprint density at radius 1 is 0.909 bits per heavy atom. The van der Waals surface area contributed by atoms with E-state index in [9.17, 15) is 4.79 Å². The molecule has 1 heterocycles. The maximum absolute atomic E-state index is 12.7. The number of nitrogens with zero attached hydrogens (tertiary/aromatic N) is 1. The molecule has 1 amide bonds. The Labute approximate surface area is 196 Å². The smallest absolute Gasteiger partial charge is 0.255 e. The number of fused-ring (bicyclic) bond motifs is 1. The van der Waals surface area contributed by atoms with Gasteiger partial charge >= 0.3 is 0 Å². The molecule has 0 saturated heterocycles. The average molecular weight is 451 g/mol. The van der Waals surface area contributed by atoms with E-state index >= 15 is 0 Å². The standard InChI is InChI=1S/C28H22N2O2S/c1-19-7-16-25-26(17-19)33-28(30-25)22-12-14-23(15-13-22)29-27(31)21-10-8-20(9-11-21)18-32-24-5-3-2-4-6-24/h2-17H,18H2,1H3,(H,29,31). The van der Waals surface area contributed by atoms with Gasteiger partial charge in [-0.1, -0.05) is 36.4 Å². The second kappa shape index (κ2) is 9.27. The topological polar surface area (TPSA) is 51.2 Å². The van der Waals surface area contributed by atoms with E-state index in [1.807, 2.05) is 78.9 Å². The highest BCUT2D eigenvalue weighted by Gasteiger charge is 2.09. The maximum atomic E-state index is 12.7. The predicted molar refractivity (Wildman–Crippen MR) is 135 cm³/mol. The molecule has 0 atom stereocenters. The van der Waals surface area contributed by atoms with Crippen molar-refractivity contribution in [2.45, 2.75) is 13.5 Å². The average Bonchev–Trinajstić information content (AvgIpc) is 3.27. The number of aromatic nitrogens is 1. The molecule has 162 valence electrons. The van der Waals surface area contributed by atoms with Crippen molar-refractivity contribution in [3.63, 3.8) is 0 Å². The van der Waals surface area contributed by atoms with Crippen molar-refractivity contribution in [2.24, 2.45) is 0 Å². The molecule has 0 unspecified atom stereocenters. The van der Waals surface area contributed by atoms with Gasteiger partial charge in [0.1, 0.15) is 17.4 Å². The number of hydrogen-bond donors (Lipinski definition) is 1. The van der Waals surface area contributed by atoms with E-state index in [1.54, 1.807) is 11.3 Å². The first-order chi connectivity index (χ1) is 16.1. The molecule has 0 bridgehead atoms. The number of carbonyl (C=O) groups excluding carboxylic acids is 1. The lowest BCUT2D eigenvalue weighted by molar-refractivity contribution is 0.102. The Morgan fingerprint density at radius 2 is 1.67 bits per heavy atom. The third kappa shape index (κ3) is 4.94. The summed E-state index contributed by atoms with van der Waals surface area (Å²) in [5, 5.41) is 3.93. The first-order valence-corrected chi connectivity index (χ1v) is 11.5. The molecule has 0 saturated carbocycles. The van der Waals surface area contributed by atoms with Crippen LogP contribution in [-0.4, -0.2) is 10.9 Å². The Bertz CT molecular complexity index is 1390. The Morgan fingerprint density at radius 3 is 2.42 bits per heavy atom. The molecule has 0 aliphatic carbocycles. The number of ether oxygens (including phenoxy) is 1. The van der Waals surface area contributed by atoms with Crippen LogP contribution >= 0.6 is 11.3 Å². The number of nitrogens with one attached hydrogen (secondary N) is 1. The van der Waals surface area contributed by atoms with Gasteiger partial charge in [0.2, 0.25) is 0 Å². The van der Waals surface area contributed by atoms with Crippen LogP contribution in [0.3, 0.4) is 0 Å². The van der Waals surface area contributed by atoms with Gasteiger partial charge in [-0.3, -0.25) is 4.79 Å². The Balaban J connectivity index is 1.22. The van der Waals surface area contributed by atoms with Crippen molar-refractivity contribution in [1.29, 1.82) is 0 Å². The minimum atomic E-state index is -0.145. The van der Waals surface area contributed by atoms with Crippen LogP contribution in [0.4, 0.5) is 5.69 Å². The minimum Gasteiger partial charge on any atom is -0.489 e. The second-order valence-corrected chi connectivity index (χ2v) is 8.85. The van der Waals surface area contributed by atoms with E-state index in [4.69, 9.17) is 9.72 Å². The zero-order valence-corrected chi connectivity index (χ0v) is 18.9. The Hall–Kier alpha value is -3.96. The van der Waals surface area contributed by atoms with Crippen LogP contribution in [0.25, 0.3) is 20.8 Å². The number of benzene rings is 4. The van der Waals surface area contributed by atoms with Crippen molar-refractivity contribution in [2.75, 3.05) is 5.32 Å². The van der Waals surface area contributed by atoms with Crippen molar-refractivity contribution in [3.8, 4) is 16.3 Å². The summed E-state index contributed by atoms with van der Waals surface area (Å²) in [6.07, 6.45) is 0. The molecule has 4 nitrogen and oxygen atoms in total. The van der Waals surface area contributed by atoms with Gasteiger partial charge in [0.05, 0.1) is 10.2 Å². The van der Waals surface area contributed by atoms with Crippen molar-refractivity contribution >= 4 is 33.1 Å². The van der Waals surface area contributed by atoms with Gasteiger partial charge in [0.25, 0.3) is 5.91 Å². The summed E-state index contributed by atoms with van der Waals surface area (Å²) in [6, 6.07) is 31.2. The summed E-state index contributed by atoms with van der Waals surface area (Å²) in [4.78, 5) is 17.4. The van der Waals surface area contributed by atoms with Crippen LogP contribution in [0.2, 0.25) is 0 Å². The third-order valence-corrected chi connectivity index (χ3v) is 6.37. The van der Waals surface area contributed by atoms with Crippen LogP contribution in [0.5, 0.6) is 5.75 Å². The number of thiazole rings is 1. The molecule has 1 N–H and O–H groups in total. The molecule has 0 fully saturated rings. The van der Waals surface area contributed by atoms with Gasteiger partial charge in [-0.2, -0.15) is 0 Å². The molecular weight excluding hydrogens is 428 g/mol. The normalized spacial score (nSPS) is 10.8. The SMILES string of the molecule is Cc1ccc2nc(-c3ccc(NC(=O)c4ccc(COc5ccccc5)cc4)cc3)sc2c1. The van der Waals surface area contributed by atoms with Crippen molar-refractivity contribution in [1.82, 2.24) is 4.98 Å². The van der Waals surface area contributed by atoms with Crippen LogP contribution in [-0.2, 0) is 6.61 Å². The van der Waals surface area contributed by atoms with E-state index in [0.717, 1.165) is 33.1 Å². The summed E-state index contributed by atoms with van der Waals surface area (Å²) < 4.78 is 6.94. The fourth-order valence-corrected chi connectivity index (χ4v) is 4.56. The largest absolute Gasteiger partial charge is 0.489 e. The van der Waals surface area contributed by atoms with Gasteiger partial charge in [-0.25, -0.2) is 4.98 Å². The zero-order valence-electron chi connectivity index (χ0n) is 18.1. The van der Waals surface area contributed by atoms with Crippen LogP contribution in [0, 0.1) is 6.92 Å². The number of anilines is 1. The van der Waals surface area contributed by atoms with Crippen LogP contribution < -0.4 is 10.1 Å². The van der Waals surface area contributed by atoms with Gasteiger partial charge in [0.15, 0.2) is 0 Å². The monoisotopic (exact) mass is 450 g/mol. The molecule has 5 rings (SSSR count). The lowest BCUT2D eigenvalue weighted by Gasteiger charge is -2.08. The van der Waals surface area contributed by atoms with Crippen molar-refractivity contribution < 1.29 is 9.53 Å². The van der Waals surface area contributed by atoms with E-state index in [0.29, 0.717) is 12.2 Å². The fourth-order valence-electron chi connectivity index (χ4n) is 3.49. The summed E-state index contributed by atoms with van der Waals surface area (Å²) in [5.41, 5.74) is 5.63. The molecule has 5 aromatic rings. The van der Waals surface area contributed by atoms with Crippen LogP contribution in [0.15, 0.2) is 97.1 Å². The molecule has 0 aliphatic heterocycles. The highest BCUT2D eigenvalue weighted by molar-refractivity contribution is 7.21. The second-order valence-electron chi connectivity index (χ2n) is 7.82. The highest BCUT2D eigenvalue weighted by atomic mass is 32.1. The van der Waals surface area contributed by atoms with Crippen LogP contribution in [0.1, 0.15) is 21.5 Å². The molecule has 0 radical (unpaired) electrons. The third-order valence-electron chi connectivity index (χ3n) is 5.30. The molecule has 0 spiro atoms. The molecule has 0 aliphatic rings. The highest BCUT2D eigenvalue weighted by Crippen LogP contribution is 2.31. The van der Waals surface area contributed by atoms with E-state index < -0.39 is 0 Å².